The van der Waals surface area contributed by atoms with E-state index in [1.54, 1.807) is 0 Å². The summed E-state index contributed by atoms with van der Waals surface area (Å²) in [6.07, 6.45) is 0.703. The average molecular weight is 313 g/mol. The predicted molar refractivity (Wildman–Crippen MR) is 80.1 cm³/mol. The van der Waals surface area contributed by atoms with E-state index in [1.807, 2.05) is 0 Å². The summed E-state index contributed by atoms with van der Waals surface area (Å²) in [4.78, 5) is 40.2. The molecule has 0 radical (unpaired) electrons. The van der Waals surface area contributed by atoms with E-state index < -0.39 is 18.1 Å². The van der Waals surface area contributed by atoms with Crippen molar-refractivity contribution in [3.63, 3.8) is 0 Å². The van der Waals surface area contributed by atoms with Gasteiger partial charge >= 0.3 is 5.97 Å². The molecule has 22 heavy (non-hydrogen) atoms. The number of carboxylic acids is 1. The second-order valence-electron chi connectivity index (χ2n) is 5.21. The topological polar surface area (TPSA) is 151 Å². The van der Waals surface area contributed by atoms with Crippen LogP contribution in [0.5, 0.6) is 0 Å². The first-order valence-corrected chi connectivity index (χ1v) is 7.14. The Balaban J connectivity index is 2.69. The van der Waals surface area contributed by atoms with E-state index >= 15 is 0 Å². The van der Waals surface area contributed by atoms with Crippen LogP contribution in [0, 0.1) is 0 Å². The maximum atomic E-state index is 12.3. The highest BCUT2D eigenvalue weighted by atomic mass is 16.4. The van der Waals surface area contributed by atoms with Crippen molar-refractivity contribution < 1.29 is 19.5 Å². The fourth-order valence-corrected chi connectivity index (χ4v) is 2.47. The van der Waals surface area contributed by atoms with Crippen molar-refractivity contribution in [1.82, 2.24) is 10.2 Å². The lowest BCUT2D eigenvalue weighted by Gasteiger charge is -2.37. The Morgan fingerprint density at radius 2 is 2.18 bits per heavy atom. The summed E-state index contributed by atoms with van der Waals surface area (Å²) < 4.78 is 0. The highest BCUT2D eigenvalue weighted by Gasteiger charge is 2.35. The number of carboxylic acid groups (broad SMARTS) is 1. The quantitative estimate of drug-likeness (QED) is 0.236. The van der Waals surface area contributed by atoms with Crippen LogP contribution in [0.4, 0.5) is 0 Å². The van der Waals surface area contributed by atoms with Crippen molar-refractivity contribution in [1.29, 1.82) is 0 Å². The van der Waals surface area contributed by atoms with Gasteiger partial charge in [0.1, 0.15) is 0 Å². The van der Waals surface area contributed by atoms with Crippen molar-refractivity contribution in [2.75, 3.05) is 19.6 Å². The largest absolute Gasteiger partial charge is 0.481 e. The lowest BCUT2D eigenvalue weighted by atomic mass is 10.0. The predicted octanol–water partition coefficient (Wildman–Crippen LogP) is -1.73. The third kappa shape index (κ3) is 5.32. The number of piperazine rings is 1. The summed E-state index contributed by atoms with van der Waals surface area (Å²) in [5.41, 5.74) is 10.5. The SMILES string of the molecule is CC(=O)C(CCCN=C(N)N)N1CCNC(CC(=O)O)C1=O. The lowest BCUT2D eigenvalue weighted by Crippen LogP contribution is -2.59. The molecule has 9 nitrogen and oxygen atoms in total. The number of hydrogen-bond acceptors (Lipinski definition) is 5. The number of Topliss-reactive ketones (excluding diaryl/α,β-unsaturated/α-hetero) is 1. The number of nitrogens with zero attached hydrogens (tertiary/aromatic N) is 2. The normalized spacial score (nSPS) is 19.6. The number of carbonyl (C=O) groups is 3. The summed E-state index contributed by atoms with van der Waals surface area (Å²) in [6, 6.07) is -1.36. The molecule has 0 aromatic rings. The van der Waals surface area contributed by atoms with Crippen LogP contribution in [0.3, 0.4) is 0 Å². The number of rotatable bonds is 8. The Labute approximate surface area is 128 Å². The van der Waals surface area contributed by atoms with Crippen LogP contribution in [0.25, 0.3) is 0 Å². The number of amides is 1. The van der Waals surface area contributed by atoms with E-state index in [0.29, 0.717) is 32.5 Å². The molecule has 1 heterocycles. The average Bonchev–Trinajstić information content (AvgIpc) is 2.41. The first-order chi connectivity index (χ1) is 10.3. The second-order valence-corrected chi connectivity index (χ2v) is 5.21. The Morgan fingerprint density at radius 1 is 1.50 bits per heavy atom. The molecule has 0 aromatic heterocycles. The molecular weight excluding hydrogens is 290 g/mol. The molecule has 0 saturated carbocycles. The fraction of sp³-hybridized carbons (Fsp3) is 0.692. The Kier molecular flexibility index (Phi) is 6.77. The molecule has 1 rings (SSSR count). The third-order valence-corrected chi connectivity index (χ3v) is 3.48. The Hall–Kier alpha value is -2.16. The van der Waals surface area contributed by atoms with E-state index in [0.717, 1.165) is 0 Å². The van der Waals surface area contributed by atoms with Crippen LogP contribution in [0.1, 0.15) is 26.2 Å². The van der Waals surface area contributed by atoms with Crippen LogP contribution in [-0.4, -0.2) is 65.3 Å². The third-order valence-electron chi connectivity index (χ3n) is 3.48. The number of carbonyl (C=O) groups excluding carboxylic acids is 2. The standard InChI is InChI=1S/C13H23N5O4/c1-8(19)10(3-2-4-17-13(14)15)18-6-5-16-9(12(18)22)7-11(20)21/h9-10,16H,2-7H2,1H3,(H,20,21)(H4,14,15,17). The van der Waals surface area contributed by atoms with Crippen molar-refractivity contribution in [3.05, 3.63) is 0 Å². The lowest BCUT2D eigenvalue weighted by molar-refractivity contribution is -0.147. The minimum Gasteiger partial charge on any atom is -0.481 e. The number of aliphatic carboxylic acids is 1. The first kappa shape index (κ1) is 17.9. The molecule has 0 bridgehead atoms. The number of nitrogens with two attached hydrogens (primary N) is 2. The molecule has 0 aromatic carbocycles. The van der Waals surface area contributed by atoms with Crippen LogP contribution in [0.15, 0.2) is 4.99 Å². The van der Waals surface area contributed by atoms with Gasteiger partial charge in [0, 0.05) is 19.6 Å². The maximum absolute atomic E-state index is 12.3. The number of nitrogens with one attached hydrogen (secondary N) is 1. The van der Waals surface area contributed by atoms with Crippen molar-refractivity contribution in [3.8, 4) is 0 Å². The van der Waals surface area contributed by atoms with E-state index in [4.69, 9.17) is 16.6 Å². The van der Waals surface area contributed by atoms with Crippen LogP contribution < -0.4 is 16.8 Å². The summed E-state index contributed by atoms with van der Waals surface area (Å²) in [5, 5.41) is 11.7. The van der Waals surface area contributed by atoms with Gasteiger partial charge in [-0.1, -0.05) is 0 Å². The molecule has 1 saturated heterocycles. The molecule has 124 valence electrons. The van der Waals surface area contributed by atoms with Crippen molar-refractivity contribution >= 4 is 23.6 Å². The van der Waals surface area contributed by atoms with Crippen LogP contribution in [0.2, 0.25) is 0 Å². The van der Waals surface area contributed by atoms with Gasteiger partial charge in [0.2, 0.25) is 5.91 Å². The molecule has 1 aliphatic heterocycles. The zero-order valence-electron chi connectivity index (χ0n) is 12.6. The first-order valence-electron chi connectivity index (χ1n) is 7.14. The van der Waals surface area contributed by atoms with E-state index in [9.17, 15) is 14.4 Å². The Morgan fingerprint density at radius 3 is 2.73 bits per heavy atom. The molecule has 0 spiro atoms. The van der Waals surface area contributed by atoms with Gasteiger partial charge in [-0.2, -0.15) is 0 Å². The molecule has 2 atom stereocenters. The number of hydrogen-bond donors (Lipinski definition) is 4. The van der Waals surface area contributed by atoms with E-state index in [2.05, 4.69) is 10.3 Å². The van der Waals surface area contributed by atoms with Gasteiger partial charge < -0.3 is 26.8 Å². The highest BCUT2D eigenvalue weighted by Crippen LogP contribution is 2.14. The zero-order valence-corrected chi connectivity index (χ0v) is 12.6. The number of guanidine groups is 1. The van der Waals surface area contributed by atoms with Gasteiger partial charge in [0.15, 0.2) is 11.7 Å². The van der Waals surface area contributed by atoms with Gasteiger partial charge in [0.05, 0.1) is 18.5 Å². The summed E-state index contributed by atoms with van der Waals surface area (Å²) in [5.74, 6) is -1.55. The molecule has 6 N–H and O–H groups in total. The molecule has 1 amide bonds. The van der Waals surface area contributed by atoms with E-state index in [-0.39, 0.29) is 24.1 Å². The van der Waals surface area contributed by atoms with Crippen LogP contribution >= 0.6 is 0 Å². The molecule has 0 aliphatic carbocycles. The monoisotopic (exact) mass is 313 g/mol. The van der Waals surface area contributed by atoms with Crippen LogP contribution in [-0.2, 0) is 14.4 Å². The van der Waals surface area contributed by atoms with Gasteiger partial charge in [-0.05, 0) is 19.8 Å². The van der Waals surface area contributed by atoms with Crippen molar-refractivity contribution in [2.45, 2.75) is 38.3 Å². The summed E-state index contributed by atoms with van der Waals surface area (Å²) >= 11 is 0. The second kappa shape index (κ2) is 8.32. The van der Waals surface area contributed by atoms with Crippen molar-refractivity contribution in [2.24, 2.45) is 16.5 Å². The molecule has 2 unspecified atom stereocenters. The van der Waals surface area contributed by atoms with Gasteiger partial charge in [-0.15, -0.1) is 0 Å². The molecule has 1 aliphatic rings. The van der Waals surface area contributed by atoms with Gasteiger partial charge in [0.25, 0.3) is 0 Å². The molecule has 9 heteroatoms. The zero-order chi connectivity index (χ0) is 16.7. The number of aliphatic imine (C=N–C) groups is 1. The smallest absolute Gasteiger partial charge is 0.305 e. The highest BCUT2D eigenvalue weighted by molar-refractivity contribution is 5.92. The molecule has 1 fully saturated rings. The Bertz CT molecular complexity index is 461. The fourth-order valence-electron chi connectivity index (χ4n) is 2.47. The summed E-state index contributed by atoms with van der Waals surface area (Å²) in [7, 11) is 0. The van der Waals surface area contributed by atoms with E-state index in [1.165, 1.54) is 11.8 Å². The maximum Gasteiger partial charge on any atom is 0.305 e. The summed E-state index contributed by atoms with van der Waals surface area (Å²) in [6.45, 7) is 2.64. The molecular formula is C13H23N5O4. The number of ketones is 1. The van der Waals surface area contributed by atoms with Gasteiger partial charge in [-0.25, -0.2) is 0 Å². The minimum atomic E-state index is -1.06. The minimum absolute atomic E-state index is 0.0147. The van der Waals surface area contributed by atoms with Gasteiger partial charge in [-0.3, -0.25) is 19.4 Å².